The molecule has 100 valence electrons. The van der Waals surface area contributed by atoms with Crippen LogP contribution in [0.4, 0.5) is 0 Å². The molecule has 1 fully saturated rings. The van der Waals surface area contributed by atoms with Crippen LogP contribution >= 0.6 is 0 Å². The van der Waals surface area contributed by atoms with Crippen molar-refractivity contribution < 1.29 is 9.21 Å². The predicted molar refractivity (Wildman–Crippen MR) is 68.1 cm³/mol. The summed E-state index contributed by atoms with van der Waals surface area (Å²) in [6, 6.07) is 0.380. The number of nitrogens with one attached hydrogen (secondary N) is 2. The number of carbonyl (C=O) groups is 1. The van der Waals surface area contributed by atoms with Gasteiger partial charge in [0.05, 0.1) is 18.8 Å². The Kier molecular flexibility index (Phi) is 4.36. The van der Waals surface area contributed by atoms with Crippen molar-refractivity contribution >= 4 is 5.91 Å². The average Bonchev–Trinajstić information content (AvgIpc) is 2.90. The third kappa shape index (κ3) is 3.57. The van der Waals surface area contributed by atoms with E-state index in [1.807, 2.05) is 13.8 Å². The van der Waals surface area contributed by atoms with Gasteiger partial charge in [0.1, 0.15) is 5.76 Å². The van der Waals surface area contributed by atoms with Crippen molar-refractivity contribution in [2.75, 3.05) is 6.54 Å². The van der Waals surface area contributed by atoms with Gasteiger partial charge in [-0.15, -0.1) is 0 Å². The topological polar surface area (TPSA) is 67.2 Å². The van der Waals surface area contributed by atoms with Crippen LogP contribution in [0.2, 0.25) is 0 Å². The van der Waals surface area contributed by atoms with Crippen molar-refractivity contribution in [1.29, 1.82) is 0 Å². The third-order valence-electron chi connectivity index (χ3n) is 3.35. The van der Waals surface area contributed by atoms with E-state index in [2.05, 4.69) is 15.6 Å². The number of aromatic nitrogens is 1. The van der Waals surface area contributed by atoms with Gasteiger partial charge in [-0.05, 0) is 26.7 Å². The second-order valence-electron chi connectivity index (χ2n) is 4.90. The van der Waals surface area contributed by atoms with Crippen molar-refractivity contribution in [3.05, 3.63) is 17.3 Å². The lowest BCUT2D eigenvalue weighted by molar-refractivity contribution is -0.120. The van der Waals surface area contributed by atoms with E-state index in [4.69, 9.17) is 4.42 Å². The first-order chi connectivity index (χ1) is 8.65. The van der Waals surface area contributed by atoms with Crippen LogP contribution in [0.5, 0.6) is 0 Å². The summed E-state index contributed by atoms with van der Waals surface area (Å²) in [5.41, 5.74) is 0.905. The smallest absolute Gasteiger partial charge is 0.234 e. The summed E-state index contributed by atoms with van der Waals surface area (Å²) in [6.07, 6.45) is 4.69. The number of nitrogens with zero attached hydrogens (tertiary/aromatic N) is 1. The molecule has 2 rings (SSSR count). The minimum absolute atomic E-state index is 0.0573. The maximum Gasteiger partial charge on any atom is 0.234 e. The Balaban J connectivity index is 1.66. The fraction of sp³-hybridized carbons (Fsp3) is 0.692. The van der Waals surface area contributed by atoms with Gasteiger partial charge >= 0.3 is 0 Å². The third-order valence-corrected chi connectivity index (χ3v) is 3.35. The largest absolute Gasteiger partial charge is 0.444 e. The second-order valence-corrected chi connectivity index (χ2v) is 4.90. The molecule has 0 bridgehead atoms. The van der Waals surface area contributed by atoms with Gasteiger partial charge in [0.25, 0.3) is 0 Å². The maximum atomic E-state index is 11.6. The molecule has 2 N–H and O–H groups in total. The zero-order chi connectivity index (χ0) is 13.0. The Morgan fingerprint density at radius 1 is 1.39 bits per heavy atom. The van der Waals surface area contributed by atoms with Crippen LogP contribution in [-0.2, 0) is 11.3 Å². The molecule has 0 spiro atoms. The molecule has 1 aromatic heterocycles. The van der Waals surface area contributed by atoms with E-state index < -0.39 is 0 Å². The Morgan fingerprint density at radius 3 is 2.72 bits per heavy atom. The molecule has 1 amide bonds. The molecular weight excluding hydrogens is 230 g/mol. The first-order valence-corrected chi connectivity index (χ1v) is 6.58. The molecule has 0 radical (unpaired) electrons. The Morgan fingerprint density at radius 2 is 2.11 bits per heavy atom. The molecule has 1 saturated carbocycles. The highest BCUT2D eigenvalue weighted by atomic mass is 16.4. The molecule has 1 aliphatic carbocycles. The van der Waals surface area contributed by atoms with Crippen LogP contribution in [0.3, 0.4) is 0 Å². The van der Waals surface area contributed by atoms with E-state index in [9.17, 15) is 4.79 Å². The van der Waals surface area contributed by atoms with Gasteiger partial charge < -0.3 is 9.73 Å². The number of hydrogen-bond donors (Lipinski definition) is 2. The number of amides is 1. The molecule has 0 saturated heterocycles. The van der Waals surface area contributed by atoms with Crippen LogP contribution in [0.15, 0.2) is 4.42 Å². The fourth-order valence-electron chi connectivity index (χ4n) is 2.25. The molecule has 0 aliphatic heterocycles. The zero-order valence-corrected chi connectivity index (χ0v) is 11.1. The minimum Gasteiger partial charge on any atom is -0.444 e. The molecule has 0 atom stereocenters. The molecule has 1 aromatic rings. The summed E-state index contributed by atoms with van der Waals surface area (Å²) in [6.45, 7) is 4.61. The maximum absolute atomic E-state index is 11.6. The van der Waals surface area contributed by atoms with Gasteiger partial charge in [0.2, 0.25) is 11.8 Å². The minimum atomic E-state index is 0.0573. The first kappa shape index (κ1) is 13.1. The summed E-state index contributed by atoms with van der Waals surface area (Å²) in [4.78, 5) is 15.9. The van der Waals surface area contributed by atoms with Gasteiger partial charge in [-0.1, -0.05) is 12.8 Å². The fourth-order valence-corrected chi connectivity index (χ4v) is 2.25. The highest BCUT2D eigenvalue weighted by molar-refractivity contribution is 5.78. The Hall–Kier alpha value is -1.36. The van der Waals surface area contributed by atoms with Crippen LogP contribution in [-0.4, -0.2) is 23.5 Å². The molecular formula is C13H21N3O2. The predicted octanol–water partition coefficient (Wildman–Crippen LogP) is 1.44. The molecule has 5 nitrogen and oxygen atoms in total. The number of hydrogen-bond acceptors (Lipinski definition) is 4. The van der Waals surface area contributed by atoms with Crippen molar-refractivity contribution in [3.63, 3.8) is 0 Å². The number of carbonyl (C=O) groups excluding carboxylic acids is 1. The molecule has 1 heterocycles. The normalized spacial score (nSPS) is 16.1. The lowest BCUT2D eigenvalue weighted by Crippen LogP contribution is -2.38. The van der Waals surface area contributed by atoms with Gasteiger partial charge in [-0.25, -0.2) is 4.98 Å². The summed E-state index contributed by atoms with van der Waals surface area (Å²) >= 11 is 0. The van der Waals surface area contributed by atoms with Gasteiger partial charge in [0.15, 0.2) is 0 Å². The molecule has 0 aromatic carbocycles. The Labute approximate surface area is 107 Å². The highest BCUT2D eigenvalue weighted by Crippen LogP contribution is 2.17. The standard InChI is InChI=1S/C13H21N3O2/c1-9-10(2)18-13(15-9)8-14-7-12(17)16-11-5-3-4-6-11/h11,14H,3-8H2,1-2H3,(H,16,17). The van der Waals surface area contributed by atoms with Crippen molar-refractivity contribution in [3.8, 4) is 0 Å². The summed E-state index contributed by atoms with van der Waals surface area (Å²) in [5.74, 6) is 1.53. The van der Waals surface area contributed by atoms with Crippen molar-refractivity contribution in [2.45, 2.75) is 52.1 Å². The van der Waals surface area contributed by atoms with E-state index >= 15 is 0 Å². The molecule has 0 unspecified atom stereocenters. The SMILES string of the molecule is Cc1nc(CNCC(=O)NC2CCCC2)oc1C. The van der Waals surface area contributed by atoms with E-state index in [1.54, 1.807) is 0 Å². The van der Waals surface area contributed by atoms with E-state index in [0.29, 0.717) is 25.0 Å². The molecule has 1 aliphatic rings. The monoisotopic (exact) mass is 251 g/mol. The van der Waals surface area contributed by atoms with Crippen LogP contribution in [0.1, 0.15) is 43.0 Å². The number of aryl methyl sites for hydroxylation is 2. The van der Waals surface area contributed by atoms with E-state index in [0.717, 1.165) is 24.3 Å². The average molecular weight is 251 g/mol. The number of oxazole rings is 1. The first-order valence-electron chi connectivity index (χ1n) is 6.58. The van der Waals surface area contributed by atoms with Crippen molar-refractivity contribution in [2.24, 2.45) is 0 Å². The van der Waals surface area contributed by atoms with Gasteiger partial charge in [-0.3, -0.25) is 10.1 Å². The van der Waals surface area contributed by atoms with E-state index in [-0.39, 0.29) is 5.91 Å². The molecule has 5 heteroatoms. The highest BCUT2D eigenvalue weighted by Gasteiger charge is 2.16. The number of rotatable bonds is 5. The molecule has 18 heavy (non-hydrogen) atoms. The second kappa shape index (κ2) is 6.00. The zero-order valence-electron chi connectivity index (χ0n) is 11.1. The summed E-state index contributed by atoms with van der Waals surface area (Å²) in [7, 11) is 0. The van der Waals surface area contributed by atoms with Crippen molar-refractivity contribution in [1.82, 2.24) is 15.6 Å². The van der Waals surface area contributed by atoms with Gasteiger partial charge in [0, 0.05) is 6.04 Å². The lowest BCUT2D eigenvalue weighted by atomic mass is 10.2. The lowest BCUT2D eigenvalue weighted by Gasteiger charge is -2.11. The summed E-state index contributed by atoms with van der Waals surface area (Å²) < 4.78 is 5.42. The summed E-state index contributed by atoms with van der Waals surface area (Å²) in [5, 5.41) is 6.08. The van der Waals surface area contributed by atoms with Crippen LogP contribution in [0, 0.1) is 13.8 Å². The van der Waals surface area contributed by atoms with E-state index in [1.165, 1.54) is 12.8 Å². The van der Waals surface area contributed by atoms with Gasteiger partial charge in [-0.2, -0.15) is 0 Å². The quantitative estimate of drug-likeness (QED) is 0.831. The Bertz CT molecular complexity index is 389. The van der Waals surface area contributed by atoms with Crippen LogP contribution in [0.25, 0.3) is 0 Å². The van der Waals surface area contributed by atoms with Crippen LogP contribution < -0.4 is 10.6 Å².